The van der Waals surface area contributed by atoms with Crippen LogP contribution in [0.4, 0.5) is 15.8 Å². The highest BCUT2D eigenvalue weighted by atomic mass is 19.1. The van der Waals surface area contributed by atoms with Crippen molar-refractivity contribution < 1.29 is 13.9 Å². The molecule has 32 heavy (non-hydrogen) atoms. The van der Waals surface area contributed by atoms with Crippen molar-refractivity contribution in [3.05, 3.63) is 42.2 Å². The van der Waals surface area contributed by atoms with Gasteiger partial charge in [0.25, 0.3) is 5.91 Å². The van der Waals surface area contributed by atoms with Gasteiger partial charge >= 0.3 is 0 Å². The van der Waals surface area contributed by atoms with Crippen LogP contribution >= 0.6 is 0 Å². The molecule has 3 heterocycles. The molecule has 0 spiro atoms. The number of nitrogens with one attached hydrogen (secondary N) is 1. The first-order chi connectivity index (χ1) is 15.3. The molecule has 0 aliphatic carbocycles. The fraction of sp³-hybridized carbons (Fsp3) is 0.417. The van der Waals surface area contributed by atoms with Crippen LogP contribution in [-0.4, -0.2) is 62.0 Å². The molecule has 0 aromatic heterocycles. The summed E-state index contributed by atoms with van der Waals surface area (Å²) < 4.78 is 20.9. The number of nitrogens with zero attached hydrogens (tertiary/aromatic N) is 4. The van der Waals surface area contributed by atoms with Gasteiger partial charge in [0.2, 0.25) is 0 Å². The summed E-state index contributed by atoms with van der Waals surface area (Å²) in [5, 5.41) is 4.19. The molecule has 1 saturated heterocycles. The lowest BCUT2D eigenvalue weighted by Crippen LogP contribution is -2.55. The molecule has 5 rings (SSSR count). The summed E-state index contributed by atoms with van der Waals surface area (Å²) in [6.07, 6.45) is 1.000. The molecule has 0 radical (unpaired) electrons. The molecule has 1 amide bonds. The maximum Gasteiger partial charge on any atom is 0.262 e. The van der Waals surface area contributed by atoms with Crippen LogP contribution in [0.1, 0.15) is 20.3 Å². The Morgan fingerprint density at radius 2 is 2.06 bits per heavy atom. The van der Waals surface area contributed by atoms with Crippen LogP contribution in [0.25, 0.3) is 11.1 Å². The number of amides is 1. The smallest absolute Gasteiger partial charge is 0.262 e. The second-order valence-electron chi connectivity index (χ2n) is 9.20. The number of likely N-dealkylation sites (N-methyl/N-ethyl adjacent to an activating group) is 2. The van der Waals surface area contributed by atoms with E-state index in [9.17, 15) is 9.18 Å². The zero-order chi connectivity index (χ0) is 22.6. The molecule has 7 nitrogen and oxygen atoms in total. The maximum absolute atomic E-state index is 14.9. The first-order valence-electron chi connectivity index (χ1n) is 10.9. The minimum Gasteiger partial charge on any atom is -0.483 e. The number of halogens is 1. The third-order valence-corrected chi connectivity index (χ3v) is 7.01. The fourth-order valence-electron chi connectivity index (χ4n) is 4.97. The number of benzene rings is 2. The van der Waals surface area contributed by atoms with E-state index in [1.165, 1.54) is 6.07 Å². The minimum absolute atomic E-state index is 0.111. The third-order valence-electron chi connectivity index (χ3n) is 7.01. The molecule has 168 valence electrons. The van der Waals surface area contributed by atoms with Gasteiger partial charge in [0.05, 0.1) is 11.2 Å². The van der Waals surface area contributed by atoms with Crippen molar-refractivity contribution in [2.24, 2.45) is 5.10 Å². The van der Waals surface area contributed by atoms with Crippen molar-refractivity contribution in [1.29, 1.82) is 0 Å². The van der Waals surface area contributed by atoms with Crippen LogP contribution < -0.4 is 20.0 Å². The van der Waals surface area contributed by atoms with Gasteiger partial charge in [-0.25, -0.2) is 9.82 Å². The highest BCUT2D eigenvalue weighted by Gasteiger charge is 2.40. The quantitative estimate of drug-likeness (QED) is 0.800. The molecule has 0 saturated carbocycles. The van der Waals surface area contributed by atoms with Gasteiger partial charge in [-0.15, -0.1) is 0 Å². The first-order valence-corrected chi connectivity index (χ1v) is 10.9. The first kappa shape index (κ1) is 20.8. The van der Waals surface area contributed by atoms with Crippen molar-refractivity contribution in [2.45, 2.75) is 31.8 Å². The summed E-state index contributed by atoms with van der Waals surface area (Å²) in [5.41, 5.74) is 5.42. The standard InChI is InChI=1S/C24H28FN5O2/c1-15-23(31)27-26-22-13-32-21-11-17(16-7-5-6-8-18(16)25)19(12-20(21)30(15)22)29(4)24(2)9-10-28(3)14-24/h5-8,11-12,15H,9-10,13-14H2,1-4H3,(H,27,31)/t15-,24-/m1/s1. The number of rotatable bonds is 3. The normalized spacial score (nSPS) is 24.9. The van der Waals surface area contributed by atoms with E-state index in [0.29, 0.717) is 17.1 Å². The third kappa shape index (κ3) is 3.21. The molecule has 1 fully saturated rings. The van der Waals surface area contributed by atoms with Crippen molar-refractivity contribution in [1.82, 2.24) is 10.3 Å². The van der Waals surface area contributed by atoms with E-state index in [1.54, 1.807) is 12.1 Å². The van der Waals surface area contributed by atoms with Crippen LogP contribution in [0.5, 0.6) is 5.75 Å². The molecule has 8 heteroatoms. The molecule has 0 bridgehead atoms. The van der Waals surface area contributed by atoms with Crippen molar-refractivity contribution in [3.63, 3.8) is 0 Å². The van der Waals surface area contributed by atoms with Crippen LogP contribution in [0.3, 0.4) is 0 Å². The maximum atomic E-state index is 14.9. The number of fused-ring (bicyclic) bond motifs is 3. The summed E-state index contributed by atoms with van der Waals surface area (Å²) in [5.74, 6) is 0.830. The summed E-state index contributed by atoms with van der Waals surface area (Å²) in [6, 6.07) is 10.3. The second-order valence-corrected chi connectivity index (χ2v) is 9.20. The number of carbonyl (C=O) groups excluding carboxylic acids is 1. The van der Waals surface area contributed by atoms with Gasteiger partial charge < -0.3 is 19.4 Å². The second kappa shape index (κ2) is 7.48. The Morgan fingerprint density at radius 3 is 2.78 bits per heavy atom. The molecule has 3 aliphatic heterocycles. The highest BCUT2D eigenvalue weighted by molar-refractivity contribution is 6.10. The van der Waals surface area contributed by atoms with Gasteiger partial charge in [0.1, 0.15) is 24.2 Å². The predicted octanol–water partition coefficient (Wildman–Crippen LogP) is 3.05. The summed E-state index contributed by atoms with van der Waals surface area (Å²) >= 11 is 0. The van der Waals surface area contributed by atoms with Gasteiger partial charge in [-0.1, -0.05) is 18.2 Å². The topological polar surface area (TPSA) is 60.4 Å². The van der Waals surface area contributed by atoms with E-state index in [1.807, 2.05) is 30.0 Å². The van der Waals surface area contributed by atoms with Crippen molar-refractivity contribution >= 4 is 23.1 Å². The number of hydrazone groups is 1. The van der Waals surface area contributed by atoms with Gasteiger partial charge in [-0.2, -0.15) is 5.10 Å². The average molecular weight is 438 g/mol. The number of hydrogen-bond donors (Lipinski definition) is 1. The molecular weight excluding hydrogens is 409 g/mol. The molecule has 2 atom stereocenters. The highest BCUT2D eigenvalue weighted by Crippen LogP contribution is 2.46. The van der Waals surface area contributed by atoms with E-state index < -0.39 is 6.04 Å². The van der Waals surface area contributed by atoms with E-state index in [4.69, 9.17) is 4.74 Å². The predicted molar refractivity (Wildman–Crippen MR) is 124 cm³/mol. The number of ether oxygens (including phenoxy) is 1. The van der Waals surface area contributed by atoms with Gasteiger partial charge in [0.15, 0.2) is 5.84 Å². The molecule has 2 aromatic rings. The number of hydrogen-bond acceptors (Lipinski definition) is 6. The monoisotopic (exact) mass is 437 g/mol. The van der Waals surface area contributed by atoms with Gasteiger partial charge in [0, 0.05) is 37.0 Å². The summed E-state index contributed by atoms with van der Waals surface area (Å²) in [6.45, 7) is 6.24. The van der Waals surface area contributed by atoms with E-state index in [-0.39, 0.29) is 23.9 Å². The summed E-state index contributed by atoms with van der Waals surface area (Å²) in [7, 11) is 4.19. The van der Waals surface area contributed by atoms with Crippen LogP contribution in [0, 0.1) is 5.82 Å². The number of carbonyl (C=O) groups is 1. The molecular formula is C24H28FN5O2. The zero-order valence-corrected chi connectivity index (χ0v) is 18.9. The summed E-state index contributed by atoms with van der Waals surface area (Å²) in [4.78, 5) is 18.8. The van der Waals surface area contributed by atoms with E-state index in [2.05, 4.69) is 41.3 Å². The zero-order valence-electron chi connectivity index (χ0n) is 18.9. The Kier molecular flexibility index (Phi) is 4.85. The minimum atomic E-state index is -0.421. The number of amidine groups is 1. The Bertz CT molecular complexity index is 1120. The Morgan fingerprint density at radius 1 is 1.28 bits per heavy atom. The Labute approximate surface area is 187 Å². The van der Waals surface area contributed by atoms with E-state index >= 15 is 0 Å². The lowest BCUT2D eigenvalue weighted by Gasteiger charge is -2.42. The van der Waals surface area contributed by atoms with Crippen LogP contribution in [0.2, 0.25) is 0 Å². The molecule has 1 N–H and O–H groups in total. The van der Waals surface area contributed by atoms with Crippen LogP contribution in [0.15, 0.2) is 41.5 Å². The number of anilines is 2. The number of likely N-dealkylation sites (tertiary alicyclic amines) is 1. The van der Waals surface area contributed by atoms with Crippen molar-refractivity contribution in [3.8, 4) is 16.9 Å². The van der Waals surface area contributed by atoms with Gasteiger partial charge in [-0.3, -0.25) is 4.79 Å². The molecule has 2 aromatic carbocycles. The largest absolute Gasteiger partial charge is 0.483 e. The lowest BCUT2D eigenvalue weighted by atomic mass is 9.94. The molecule has 0 unspecified atom stereocenters. The lowest BCUT2D eigenvalue weighted by molar-refractivity contribution is -0.122. The SMILES string of the molecule is C[C@@H]1C(=O)NN=C2COc3cc(-c4ccccc4F)c(N(C)[C@]4(C)CCN(C)C4)cc3N21. The molecule has 3 aliphatic rings. The van der Waals surface area contributed by atoms with Crippen molar-refractivity contribution in [2.75, 3.05) is 43.6 Å². The fourth-order valence-corrected chi connectivity index (χ4v) is 4.97. The Hall–Kier alpha value is -3.13. The van der Waals surface area contributed by atoms with Crippen LogP contribution in [-0.2, 0) is 4.79 Å². The average Bonchev–Trinajstić information content (AvgIpc) is 3.14. The Balaban J connectivity index is 1.70. The van der Waals surface area contributed by atoms with Gasteiger partial charge in [-0.05, 0) is 45.5 Å². The van der Waals surface area contributed by atoms with E-state index in [0.717, 1.165) is 36.4 Å².